The molecule has 0 radical (unpaired) electrons. The van der Waals surface area contributed by atoms with E-state index in [1.807, 2.05) is 12.1 Å². The van der Waals surface area contributed by atoms with Gasteiger partial charge in [0.25, 0.3) is 0 Å². The van der Waals surface area contributed by atoms with Crippen LogP contribution in [-0.4, -0.2) is 58.3 Å². The predicted molar refractivity (Wildman–Crippen MR) is 128 cm³/mol. The summed E-state index contributed by atoms with van der Waals surface area (Å²) in [6, 6.07) is 3.54. The van der Waals surface area contributed by atoms with Gasteiger partial charge in [-0.2, -0.15) is 9.61 Å². The monoisotopic (exact) mass is 471 g/mol. The molecule has 2 aliphatic heterocycles. The predicted octanol–water partition coefficient (Wildman–Crippen LogP) is 2.76. The number of imidazole rings is 1. The van der Waals surface area contributed by atoms with Gasteiger partial charge in [-0.25, -0.2) is 14.8 Å². The lowest BCUT2D eigenvalue weighted by atomic mass is 9.85. The maximum Gasteiger partial charge on any atom is 0.315 e. The Morgan fingerprint density at radius 2 is 1.89 bits per heavy atom. The van der Waals surface area contributed by atoms with Crippen LogP contribution < -0.4 is 11.5 Å². The van der Waals surface area contributed by atoms with Crippen LogP contribution in [0.1, 0.15) is 54.6 Å². The average molecular weight is 472 g/mol. The molecule has 0 aliphatic carbocycles. The topological polar surface area (TPSA) is 161 Å². The fourth-order valence-corrected chi connectivity index (χ4v) is 5.75. The number of H-pyrrole nitrogens is 1. The van der Waals surface area contributed by atoms with E-state index in [0.717, 1.165) is 29.7 Å². The number of urea groups is 1. The summed E-state index contributed by atoms with van der Waals surface area (Å²) in [4.78, 5) is 43.2. The first-order chi connectivity index (χ1) is 16.9. The average Bonchev–Trinajstić information content (AvgIpc) is 3.57. The highest BCUT2D eigenvalue weighted by molar-refractivity contribution is 6.00. The van der Waals surface area contributed by atoms with E-state index >= 15 is 0 Å². The van der Waals surface area contributed by atoms with Crippen molar-refractivity contribution < 1.29 is 9.59 Å². The zero-order valence-corrected chi connectivity index (χ0v) is 19.2. The number of pyridine rings is 1. The van der Waals surface area contributed by atoms with E-state index in [2.05, 4.69) is 20.1 Å². The summed E-state index contributed by atoms with van der Waals surface area (Å²) in [6.07, 6.45) is 10.1. The fourth-order valence-electron chi connectivity index (χ4n) is 5.75. The number of carbonyl (C=O) groups is 2. The van der Waals surface area contributed by atoms with Crippen LogP contribution in [-0.2, 0) is 0 Å². The number of aromatic amines is 1. The Kier molecular flexibility index (Phi) is 4.80. The third kappa shape index (κ3) is 3.34. The van der Waals surface area contributed by atoms with Crippen molar-refractivity contribution in [2.75, 3.05) is 5.73 Å². The van der Waals surface area contributed by atoms with Gasteiger partial charge in [0.05, 0.1) is 17.5 Å². The van der Waals surface area contributed by atoms with Gasteiger partial charge in [0.1, 0.15) is 11.5 Å². The molecule has 11 heteroatoms. The van der Waals surface area contributed by atoms with E-state index in [1.54, 1.807) is 29.7 Å². The molecular weight excluding hydrogens is 446 g/mol. The van der Waals surface area contributed by atoms with Crippen molar-refractivity contribution in [3.8, 4) is 22.6 Å². The molecule has 2 bridgehead atoms. The minimum absolute atomic E-state index is 0.00324. The van der Waals surface area contributed by atoms with Crippen LogP contribution in [0.25, 0.3) is 28.3 Å². The number of amides is 2. The van der Waals surface area contributed by atoms with Crippen molar-refractivity contribution in [1.82, 2.24) is 34.4 Å². The first-order valence-corrected chi connectivity index (χ1v) is 11.6. The smallest absolute Gasteiger partial charge is 0.315 e. The molecule has 178 valence electrons. The van der Waals surface area contributed by atoms with E-state index in [0.29, 0.717) is 35.6 Å². The van der Waals surface area contributed by atoms with Crippen LogP contribution >= 0.6 is 0 Å². The number of anilines is 1. The van der Waals surface area contributed by atoms with Gasteiger partial charge in [-0.15, -0.1) is 0 Å². The summed E-state index contributed by atoms with van der Waals surface area (Å²) in [5, 5.41) is 4.43. The lowest BCUT2D eigenvalue weighted by molar-refractivity contribution is 0.101. The number of rotatable bonds is 4. The molecule has 6 rings (SSSR count). The molecule has 2 amide bonds. The lowest BCUT2D eigenvalue weighted by Gasteiger charge is -2.38. The number of nitrogen functional groups attached to an aromatic ring is 1. The molecule has 2 saturated heterocycles. The van der Waals surface area contributed by atoms with Gasteiger partial charge in [-0.05, 0) is 38.7 Å². The van der Waals surface area contributed by atoms with Crippen molar-refractivity contribution in [2.24, 2.45) is 5.73 Å². The minimum atomic E-state index is -0.380. The van der Waals surface area contributed by atoms with Gasteiger partial charge in [0, 0.05) is 47.7 Å². The number of nitrogens with zero attached hydrogens (tertiary/aromatic N) is 6. The molecule has 11 nitrogen and oxygen atoms in total. The van der Waals surface area contributed by atoms with E-state index in [9.17, 15) is 9.59 Å². The molecular formula is C24H25N9O2. The molecule has 2 aliphatic rings. The number of aromatic nitrogens is 6. The van der Waals surface area contributed by atoms with Gasteiger partial charge >= 0.3 is 6.03 Å². The minimum Gasteiger partial charge on any atom is -0.383 e. The number of hydrogen-bond donors (Lipinski definition) is 3. The summed E-state index contributed by atoms with van der Waals surface area (Å²) in [7, 11) is 0. The SMILES string of the molecule is CC(=O)c1c(C2CC3CCC(C2)N3C(N)=O)nc2c(-c3ccc(-c4ncc[nH]4)nc3)cnn2c1N. The number of ketones is 1. The van der Waals surface area contributed by atoms with E-state index in [1.165, 1.54) is 11.4 Å². The zero-order chi connectivity index (χ0) is 24.3. The molecule has 35 heavy (non-hydrogen) atoms. The summed E-state index contributed by atoms with van der Waals surface area (Å²) < 4.78 is 1.52. The molecule has 6 heterocycles. The summed E-state index contributed by atoms with van der Waals surface area (Å²) in [5.74, 6) is 0.798. The van der Waals surface area contributed by atoms with Gasteiger partial charge in [0.2, 0.25) is 0 Å². The van der Waals surface area contributed by atoms with Crippen LogP contribution in [0.5, 0.6) is 0 Å². The zero-order valence-electron chi connectivity index (χ0n) is 19.2. The molecule has 2 atom stereocenters. The Morgan fingerprint density at radius 3 is 2.49 bits per heavy atom. The largest absolute Gasteiger partial charge is 0.383 e. The van der Waals surface area contributed by atoms with Gasteiger partial charge in [-0.1, -0.05) is 6.07 Å². The van der Waals surface area contributed by atoms with E-state index in [4.69, 9.17) is 16.5 Å². The third-order valence-electron chi connectivity index (χ3n) is 7.25. The van der Waals surface area contributed by atoms with Crippen LogP contribution in [0.4, 0.5) is 10.6 Å². The van der Waals surface area contributed by atoms with E-state index < -0.39 is 0 Å². The number of fused-ring (bicyclic) bond motifs is 3. The van der Waals surface area contributed by atoms with Crippen molar-refractivity contribution in [3.63, 3.8) is 0 Å². The lowest BCUT2D eigenvalue weighted by Crippen LogP contribution is -2.48. The standard InChI is InChI=1S/C24H25N9O2/c1-12(34)19-20(14-8-15-3-4-16(9-14)32(15)24(26)35)31-23-17(11-30-33(23)21(19)25)13-2-5-18(29-10-13)22-27-6-7-28-22/h2,5-7,10-11,14-16H,3-4,8-9,25H2,1H3,(H2,26,35)(H,27,28). The molecule has 2 fully saturated rings. The number of piperidine rings is 1. The molecule has 0 spiro atoms. The van der Waals surface area contributed by atoms with Crippen LogP contribution in [0.3, 0.4) is 0 Å². The number of carbonyl (C=O) groups excluding carboxylic acids is 2. The molecule has 0 aromatic carbocycles. The quantitative estimate of drug-likeness (QED) is 0.386. The normalized spacial score (nSPS) is 21.5. The first kappa shape index (κ1) is 21.3. The second-order valence-electron chi connectivity index (χ2n) is 9.28. The Bertz CT molecular complexity index is 1430. The molecule has 0 saturated carbocycles. The maximum atomic E-state index is 12.7. The van der Waals surface area contributed by atoms with Crippen molar-refractivity contribution in [2.45, 2.75) is 50.6 Å². The Morgan fingerprint density at radius 1 is 1.11 bits per heavy atom. The number of Topliss-reactive ketones (excluding diaryl/α,β-unsaturated/α-hetero) is 1. The number of hydrogen-bond acceptors (Lipinski definition) is 7. The van der Waals surface area contributed by atoms with Gasteiger partial charge < -0.3 is 21.4 Å². The Hall–Kier alpha value is -4.28. The Balaban J connectivity index is 1.44. The van der Waals surface area contributed by atoms with E-state index in [-0.39, 0.29) is 35.6 Å². The highest BCUT2D eigenvalue weighted by Gasteiger charge is 2.44. The van der Waals surface area contributed by atoms with Crippen molar-refractivity contribution >= 4 is 23.3 Å². The van der Waals surface area contributed by atoms with Crippen LogP contribution in [0, 0.1) is 0 Å². The fraction of sp³-hybridized carbons (Fsp3) is 0.333. The second kappa shape index (κ2) is 7.90. The van der Waals surface area contributed by atoms with Crippen LogP contribution in [0.15, 0.2) is 36.9 Å². The highest BCUT2D eigenvalue weighted by Crippen LogP contribution is 2.44. The van der Waals surface area contributed by atoms with Crippen molar-refractivity contribution in [1.29, 1.82) is 0 Å². The number of nitrogens with two attached hydrogens (primary N) is 2. The number of nitrogens with one attached hydrogen (secondary N) is 1. The number of primary amides is 1. The summed E-state index contributed by atoms with van der Waals surface area (Å²) in [6.45, 7) is 1.50. The highest BCUT2D eigenvalue weighted by atomic mass is 16.2. The maximum absolute atomic E-state index is 12.7. The van der Waals surface area contributed by atoms with Crippen LogP contribution in [0.2, 0.25) is 0 Å². The molecule has 5 N–H and O–H groups in total. The third-order valence-corrected chi connectivity index (χ3v) is 7.25. The second-order valence-corrected chi connectivity index (χ2v) is 9.28. The Labute approximate surface area is 200 Å². The molecule has 4 aromatic rings. The van der Waals surface area contributed by atoms with Gasteiger partial charge in [-0.3, -0.25) is 9.78 Å². The first-order valence-electron chi connectivity index (χ1n) is 11.6. The summed E-state index contributed by atoms with van der Waals surface area (Å²) >= 11 is 0. The molecule has 4 aromatic heterocycles. The molecule has 2 unspecified atom stereocenters. The van der Waals surface area contributed by atoms with Gasteiger partial charge in [0.15, 0.2) is 17.3 Å². The summed E-state index contributed by atoms with van der Waals surface area (Å²) in [5.41, 5.74) is 16.1. The van der Waals surface area contributed by atoms with Crippen molar-refractivity contribution in [3.05, 3.63) is 48.2 Å².